The van der Waals surface area contributed by atoms with Crippen molar-refractivity contribution in [2.45, 2.75) is 13.5 Å². The summed E-state index contributed by atoms with van der Waals surface area (Å²) in [5, 5.41) is 3.28. The normalized spacial score (nSPS) is 10.5. The zero-order valence-electron chi connectivity index (χ0n) is 13.7. The van der Waals surface area contributed by atoms with Gasteiger partial charge in [-0.15, -0.1) is 0 Å². The second-order valence-electron chi connectivity index (χ2n) is 5.76. The standard InChI is InChI=1S/C20H17ClN2O2/c1-14-9-10-16(12-18(14)21)22-19(24)17-8-5-11-23(20(17)25)13-15-6-3-2-4-7-15/h2-12H,13H2,1H3,(H,22,24). The molecule has 25 heavy (non-hydrogen) atoms. The summed E-state index contributed by atoms with van der Waals surface area (Å²) < 4.78 is 1.52. The molecule has 0 aliphatic carbocycles. The number of aryl methyl sites for hydroxylation is 1. The molecular formula is C20H17ClN2O2. The lowest BCUT2D eigenvalue weighted by atomic mass is 10.2. The Kier molecular flexibility index (Phi) is 5.00. The van der Waals surface area contributed by atoms with Crippen LogP contribution in [0.15, 0.2) is 71.7 Å². The van der Waals surface area contributed by atoms with Crippen molar-refractivity contribution in [2.24, 2.45) is 0 Å². The van der Waals surface area contributed by atoms with E-state index < -0.39 is 5.91 Å². The van der Waals surface area contributed by atoms with Crippen LogP contribution in [0.5, 0.6) is 0 Å². The number of carbonyl (C=O) groups is 1. The van der Waals surface area contributed by atoms with Gasteiger partial charge in [-0.2, -0.15) is 0 Å². The number of anilines is 1. The third kappa shape index (κ3) is 3.98. The first-order valence-electron chi connectivity index (χ1n) is 7.85. The summed E-state index contributed by atoms with van der Waals surface area (Å²) >= 11 is 6.07. The summed E-state index contributed by atoms with van der Waals surface area (Å²) in [6.45, 7) is 2.30. The summed E-state index contributed by atoms with van der Waals surface area (Å²) in [5.74, 6) is -0.452. The highest BCUT2D eigenvalue weighted by atomic mass is 35.5. The Morgan fingerprint density at radius 3 is 2.56 bits per heavy atom. The van der Waals surface area contributed by atoms with Crippen LogP contribution in [0, 0.1) is 6.92 Å². The van der Waals surface area contributed by atoms with Crippen LogP contribution in [0.1, 0.15) is 21.5 Å². The smallest absolute Gasteiger partial charge is 0.263 e. The van der Waals surface area contributed by atoms with Gasteiger partial charge in [0.1, 0.15) is 5.56 Å². The van der Waals surface area contributed by atoms with E-state index in [1.807, 2.05) is 43.3 Å². The second-order valence-corrected chi connectivity index (χ2v) is 6.17. The lowest BCUT2D eigenvalue weighted by Crippen LogP contribution is -2.29. The molecule has 2 aromatic carbocycles. The summed E-state index contributed by atoms with van der Waals surface area (Å²) in [6, 6.07) is 18.1. The predicted molar refractivity (Wildman–Crippen MR) is 100 cm³/mol. The predicted octanol–water partition coefficient (Wildman–Crippen LogP) is 4.11. The van der Waals surface area contributed by atoms with Crippen LogP contribution in [0.4, 0.5) is 5.69 Å². The van der Waals surface area contributed by atoms with Crippen molar-refractivity contribution >= 4 is 23.2 Å². The number of amides is 1. The minimum absolute atomic E-state index is 0.0927. The molecule has 5 heteroatoms. The van der Waals surface area contributed by atoms with Gasteiger partial charge in [0.05, 0.1) is 6.54 Å². The van der Waals surface area contributed by atoms with E-state index in [0.717, 1.165) is 11.1 Å². The van der Waals surface area contributed by atoms with E-state index in [1.165, 1.54) is 10.6 Å². The lowest BCUT2D eigenvalue weighted by molar-refractivity contribution is 0.102. The molecule has 1 heterocycles. The van der Waals surface area contributed by atoms with E-state index in [-0.39, 0.29) is 11.1 Å². The van der Waals surface area contributed by atoms with Crippen LogP contribution in [-0.4, -0.2) is 10.5 Å². The van der Waals surface area contributed by atoms with Gasteiger partial charge in [-0.1, -0.05) is 48.0 Å². The number of rotatable bonds is 4. The molecule has 0 fully saturated rings. The highest BCUT2D eigenvalue weighted by Crippen LogP contribution is 2.20. The molecule has 1 amide bonds. The van der Waals surface area contributed by atoms with Gasteiger partial charge < -0.3 is 9.88 Å². The molecule has 0 saturated heterocycles. The first kappa shape index (κ1) is 17.0. The Hall–Kier alpha value is -2.85. The fraction of sp³-hybridized carbons (Fsp3) is 0.100. The van der Waals surface area contributed by atoms with Crippen LogP contribution in [0.3, 0.4) is 0 Å². The van der Waals surface area contributed by atoms with Crippen LogP contribution < -0.4 is 10.9 Å². The molecule has 1 N–H and O–H groups in total. The van der Waals surface area contributed by atoms with E-state index in [0.29, 0.717) is 17.3 Å². The fourth-order valence-electron chi connectivity index (χ4n) is 2.48. The molecule has 0 radical (unpaired) electrons. The molecule has 0 saturated carbocycles. The fourth-order valence-corrected chi connectivity index (χ4v) is 2.66. The molecule has 0 atom stereocenters. The molecule has 3 rings (SSSR count). The van der Waals surface area contributed by atoms with Crippen LogP contribution >= 0.6 is 11.6 Å². The lowest BCUT2D eigenvalue weighted by Gasteiger charge is -2.09. The molecular weight excluding hydrogens is 336 g/mol. The quantitative estimate of drug-likeness (QED) is 0.768. The largest absolute Gasteiger partial charge is 0.322 e. The van der Waals surface area contributed by atoms with Gasteiger partial charge in [0.2, 0.25) is 0 Å². The zero-order chi connectivity index (χ0) is 17.8. The van der Waals surface area contributed by atoms with Gasteiger partial charge in [0, 0.05) is 16.9 Å². The van der Waals surface area contributed by atoms with Crippen molar-refractivity contribution in [1.29, 1.82) is 0 Å². The third-order valence-corrected chi connectivity index (χ3v) is 4.30. The molecule has 0 aliphatic rings. The van der Waals surface area contributed by atoms with Gasteiger partial charge in [-0.05, 0) is 42.3 Å². The molecule has 3 aromatic rings. The van der Waals surface area contributed by atoms with Gasteiger partial charge in [-0.25, -0.2) is 0 Å². The van der Waals surface area contributed by atoms with E-state index in [2.05, 4.69) is 5.32 Å². The second kappa shape index (κ2) is 7.36. The topological polar surface area (TPSA) is 51.1 Å². The Bertz CT molecular complexity index is 965. The van der Waals surface area contributed by atoms with E-state index in [9.17, 15) is 9.59 Å². The first-order chi connectivity index (χ1) is 12.0. The first-order valence-corrected chi connectivity index (χ1v) is 8.23. The highest BCUT2D eigenvalue weighted by molar-refractivity contribution is 6.31. The number of nitrogens with one attached hydrogen (secondary N) is 1. The van der Waals surface area contributed by atoms with E-state index in [1.54, 1.807) is 24.4 Å². The Morgan fingerprint density at radius 2 is 1.84 bits per heavy atom. The SMILES string of the molecule is Cc1ccc(NC(=O)c2cccn(Cc3ccccc3)c2=O)cc1Cl. The molecule has 126 valence electrons. The number of pyridine rings is 1. The molecule has 4 nitrogen and oxygen atoms in total. The van der Waals surface area contributed by atoms with Crippen LogP contribution in [0.2, 0.25) is 5.02 Å². The third-order valence-electron chi connectivity index (χ3n) is 3.89. The number of hydrogen-bond donors (Lipinski definition) is 1. The number of carbonyl (C=O) groups excluding carboxylic acids is 1. The van der Waals surface area contributed by atoms with Gasteiger partial charge in [-0.3, -0.25) is 9.59 Å². The average Bonchev–Trinajstić information content (AvgIpc) is 2.61. The van der Waals surface area contributed by atoms with Crippen molar-refractivity contribution in [3.63, 3.8) is 0 Å². The summed E-state index contributed by atoms with van der Waals surface area (Å²) in [6.07, 6.45) is 1.68. The van der Waals surface area contributed by atoms with Crippen molar-refractivity contribution in [2.75, 3.05) is 5.32 Å². The molecule has 0 spiro atoms. The van der Waals surface area contributed by atoms with Gasteiger partial charge in [0.25, 0.3) is 11.5 Å². The summed E-state index contributed by atoms with van der Waals surface area (Å²) in [4.78, 5) is 25.1. The number of benzene rings is 2. The van der Waals surface area contributed by atoms with E-state index in [4.69, 9.17) is 11.6 Å². The van der Waals surface area contributed by atoms with Gasteiger partial charge in [0.15, 0.2) is 0 Å². The van der Waals surface area contributed by atoms with Crippen molar-refractivity contribution in [3.8, 4) is 0 Å². The minimum atomic E-state index is -0.452. The summed E-state index contributed by atoms with van der Waals surface area (Å²) in [5.41, 5.74) is 2.23. The Balaban J connectivity index is 1.84. The number of aromatic nitrogens is 1. The zero-order valence-corrected chi connectivity index (χ0v) is 14.5. The molecule has 0 bridgehead atoms. The van der Waals surface area contributed by atoms with Crippen LogP contribution in [0.25, 0.3) is 0 Å². The van der Waals surface area contributed by atoms with Crippen molar-refractivity contribution in [3.05, 3.63) is 98.9 Å². The van der Waals surface area contributed by atoms with Gasteiger partial charge >= 0.3 is 0 Å². The number of hydrogen-bond acceptors (Lipinski definition) is 2. The monoisotopic (exact) mass is 352 g/mol. The maximum absolute atomic E-state index is 12.6. The molecule has 0 unspecified atom stereocenters. The summed E-state index contributed by atoms with van der Waals surface area (Å²) in [7, 11) is 0. The van der Waals surface area contributed by atoms with E-state index >= 15 is 0 Å². The molecule has 0 aliphatic heterocycles. The molecule has 1 aromatic heterocycles. The van der Waals surface area contributed by atoms with Crippen molar-refractivity contribution in [1.82, 2.24) is 4.57 Å². The van der Waals surface area contributed by atoms with Crippen molar-refractivity contribution < 1.29 is 4.79 Å². The minimum Gasteiger partial charge on any atom is -0.322 e. The maximum Gasteiger partial charge on any atom is 0.263 e. The average molecular weight is 353 g/mol. The Morgan fingerprint density at radius 1 is 1.08 bits per heavy atom. The maximum atomic E-state index is 12.6. The Labute approximate surface area is 150 Å². The number of halogens is 1. The number of nitrogens with zero attached hydrogens (tertiary/aromatic N) is 1. The van der Waals surface area contributed by atoms with Crippen LogP contribution in [-0.2, 0) is 6.54 Å². The highest BCUT2D eigenvalue weighted by Gasteiger charge is 2.13.